The van der Waals surface area contributed by atoms with Gasteiger partial charge in [0.2, 0.25) is 0 Å². The highest BCUT2D eigenvalue weighted by Gasteiger charge is 2.15. The Balaban J connectivity index is 1.67. The molecule has 2 aromatic carbocycles. The quantitative estimate of drug-likeness (QED) is 0.117. The van der Waals surface area contributed by atoms with Crippen molar-refractivity contribution in [2.75, 3.05) is 20.3 Å². The molecule has 0 aliphatic heterocycles. The summed E-state index contributed by atoms with van der Waals surface area (Å²) in [5.74, 6) is 1.74. The Hall–Kier alpha value is -2.53. The number of benzene rings is 2. The van der Waals surface area contributed by atoms with Crippen molar-refractivity contribution < 1.29 is 23.7 Å². The molecular weight excluding hydrogens is 452 g/mol. The first kappa shape index (κ1) is 29.7. The SMILES string of the molecule is CCCCCCCCCCCOC(=O)Oc1ccc(-c2ccc(OCC(OC)C(C)CC)cc2)cc1. The summed E-state index contributed by atoms with van der Waals surface area (Å²) in [5, 5.41) is 0. The second-order valence-electron chi connectivity index (χ2n) is 9.55. The topological polar surface area (TPSA) is 54.0 Å². The van der Waals surface area contributed by atoms with Crippen LogP contribution in [-0.2, 0) is 9.47 Å². The van der Waals surface area contributed by atoms with Crippen LogP contribution < -0.4 is 9.47 Å². The van der Waals surface area contributed by atoms with Crippen LogP contribution >= 0.6 is 0 Å². The lowest BCUT2D eigenvalue weighted by atomic mass is 10.0. The Morgan fingerprint density at radius 2 is 1.28 bits per heavy atom. The Kier molecular flexibility index (Phi) is 14.7. The minimum absolute atomic E-state index is 0.0824. The van der Waals surface area contributed by atoms with Crippen molar-refractivity contribution >= 4 is 6.16 Å². The van der Waals surface area contributed by atoms with Crippen LogP contribution in [0.5, 0.6) is 11.5 Å². The van der Waals surface area contributed by atoms with Gasteiger partial charge in [0.05, 0.1) is 12.7 Å². The number of carbonyl (C=O) groups is 1. The van der Waals surface area contributed by atoms with Gasteiger partial charge in [0.1, 0.15) is 18.1 Å². The molecule has 0 N–H and O–H groups in total. The second-order valence-corrected chi connectivity index (χ2v) is 9.55. The molecule has 0 aliphatic carbocycles. The van der Waals surface area contributed by atoms with Gasteiger partial charge in [0, 0.05) is 7.11 Å². The van der Waals surface area contributed by atoms with E-state index in [2.05, 4.69) is 20.8 Å². The van der Waals surface area contributed by atoms with Crippen LogP contribution in [0.1, 0.15) is 85.0 Å². The van der Waals surface area contributed by atoms with Crippen molar-refractivity contribution in [3.63, 3.8) is 0 Å². The second kappa shape index (κ2) is 17.8. The molecule has 0 fully saturated rings. The third-order valence-electron chi connectivity index (χ3n) is 6.71. The number of carbonyl (C=O) groups excluding carboxylic acids is 1. The molecule has 0 aliphatic rings. The number of hydrogen-bond donors (Lipinski definition) is 0. The van der Waals surface area contributed by atoms with E-state index in [0.717, 1.165) is 36.1 Å². The summed E-state index contributed by atoms with van der Waals surface area (Å²) in [6.45, 7) is 7.51. The summed E-state index contributed by atoms with van der Waals surface area (Å²) < 4.78 is 22.0. The van der Waals surface area contributed by atoms with Gasteiger partial charge in [0.25, 0.3) is 0 Å². The molecule has 2 rings (SSSR count). The molecule has 0 radical (unpaired) electrons. The number of hydrogen-bond acceptors (Lipinski definition) is 5. The van der Waals surface area contributed by atoms with E-state index in [0.29, 0.717) is 24.9 Å². The van der Waals surface area contributed by atoms with Gasteiger partial charge >= 0.3 is 6.16 Å². The Labute approximate surface area is 218 Å². The molecular formula is C31H46O5. The normalized spacial score (nSPS) is 12.7. The van der Waals surface area contributed by atoms with Crippen molar-refractivity contribution in [3.8, 4) is 22.6 Å². The fourth-order valence-corrected chi connectivity index (χ4v) is 4.06. The highest BCUT2D eigenvalue weighted by Crippen LogP contribution is 2.25. The van der Waals surface area contributed by atoms with Gasteiger partial charge in [-0.25, -0.2) is 4.79 Å². The van der Waals surface area contributed by atoms with E-state index in [-0.39, 0.29) is 6.10 Å². The third kappa shape index (κ3) is 11.5. The molecule has 5 heteroatoms. The molecule has 0 saturated carbocycles. The van der Waals surface area contributed by atoms with E-state index in [1.807, 2.05) is 36.4 Å². The summed E-state index contributed by atoms with van der Waals surface area (Å²) in [6.07, 6.45) is 11.6. The highest BCUT2D eigenvalue weighted by molar-refractivity contribution is 5.67. The van der Waals surface area contributed by atoms with Crippen molar-refractivity contribution in [3.05, 3.63) is 48.5 Å². The average molecular weight is 499 g/mol. The zero-order valence-electron chi connectivity index (χ0n) is 22.8. The first-order valence-corrected chi connectivity index (χ1v) is 13.8. The van der Waals surface area contributed by atoms with Crippen LogP contribution in [0.4, 0.5) is 4.79 Å². The summed E-state index contributed by atoms with van der Waals surface area (Å²) in [4.78, 5) is 12.0. The maximum absolute atomic E-state index is 12.0. The lowest BCUT2D eigenvalue weighted by molar-refractivity contribution is 0.0197. The number of unbranched alkanes of at least 4 members (excludes halogenated alkanes) is 8. The third-order valence-corrected chi connectivity index (χ3v) is 6.71. The zero-order chi connectivity index (χ0) is 26.0. The lowest BCUT2D eigenvalue weighted by Gasteiger charge is -2.21. The maximum Gasteiger partial charge on any atom is 0.513 e. The molecule has 0 heterocycles. The van der Waals surface area contributed by atoms with Crippen molar-refractivity contribution in [1.29, 1.82) is 0 Å². The van der Waals surface area contributed by atoms with Crippen molar-refractivity contribution in [1.82, 2.24) is 0 Å². The summed E-state index contributed by atoms with van der Waals surface area (Å²) in [6, 6.07) is 15.4. The monoisotopic (exact) mass is 498 g/mol. The van der Waals surface area contributed by atoms with E-state index >= 15 is 0 Å². The standard InChI is InChI=1S/C31H46O5/c1-5-7-8-9-10-11-12-13-14-23-34-31(32)36-29-21-17-27(18-22-29)26-15-19-28(20-16-26)35-24-30(33-4)25(3)6-2/h15-22,25,30H,5-14,23-24H2,1-4H3. The van der Waals surface area contributed by atoms with Gasteiger partial charge in [-0.2, -0.15) is 0 Å². The molecule has 2 aromatic rings. The fraction of sp³-hybridized carbons (Fsp3) is 0.581. The fourth-order valence-electron chi connectivity index (χ4n) is 4.06. The first-order chi connectivity index (χ1) is 17.6. The summed E-state index contributed by atoms with van der Waals surface area (Å²) >= 11 is 0. The number of rotatable bonds is 18. The van der Waals surface area contributed by atoms with Gasteiger partial charge in [-0.3, -0.25) is 0 Å². The van der Waals surface area contributed by atoms with Crippen molar-refractivity contribution in [2.45, 2.75) is 91.1 Å². The van der Waals surface area contributed by atoms with Gasteiger partial charge in [-0.1, -0.05) is 103 Å². The van der Waals surface area contributed by atoms with Crippen LogP contribution in [0.25, 0.3) is 11.1 Å². The predicted molar refractivity (Wildman–Crippen MR) is 147 cm³/mol. The van der Waals surface area contributed by atoms with Crippen LogP contribution in [0.2, 0.25) is 0 Å². The molecule has 200 valence electrons. The molecule has 2 unspecified atom stereocenters. The van der Waals surface area contributed by atoms with Crippen molar-refractivity contribution in [2.24, 2.45) is 5.92 Å². The largest absolute Gasteiger partial charge is 0.513 e. The van der Waals surface area contributed by atoms with E-state index in [1.165, 1.54) is 44.9 Å². The maximum atomic E-state index is 12.0. The van der Waals surface area contributed by atoms with Crippen LogP contribution in [0, 0.1) is 5.92 Å². The summed E-state index contributed by atoms with van der Waals surface area (Å²) in [7, 11) is 1.73. The first-order valence-electron chi connectivity index (χ1n) is 13.8. The van der Waals surface area contributed by atoms with E-state index in [1.54, 1.807) is 19.2 Å². The van der Waals surface area contributed by atoms with Gasteiger partial charge < -0.3 is 18.9 Å². The van der Waals surface area contributed by atoms with E-state index in [4.69, 9.17) is 18.9 Å². The number of ether oxygens (including phenoxy) is 4. The molecule has 0 aromatic heterocycles. The van der Waals surface area contributed by atoms with Gasteiger partial charge in [-0.15, -0.1) is 0 Å². The minimum Gasteiger partial charge on any atom is -0.491 e. The van der Waals surface area contributed by atoms with Crippen LogP contribution in [0.3, 0.4) is 0 Å². The smallest absolute Gasteiger partial charge is 0.491 e. The Morgan fingerprint density at radius 1 is 0.750 bits per heavy atom. The molecule has 5 nitrogen and oxygen atoms in total. The van der Waals surface area contributed by atoms with Gasteiger partial charge in [0.15, 0.2) is 0 Å². The van der Waals surface area contributed by atoms with Gasteiger partial charge in [-0.05, 0) is 47.7 Å². The summed E-state index contributed by atoms with van der Waals surface area (Å²) in [5.41, 5.74) is 2.10. The predicted octanol–water partition coefficient (Wildman–Crippen LogP) is 8.84. The van der Waals surface area contributed by atoms with E-state index < -0.39 is 6.16 Å². The zero-order valence-corrected chi connectivity index (χ0v) is 22.8. The Bertz CT molecular complexity index is 831. The van der Waals surface area contributed by atoms with E-state index in [9.17, 15) is 4.79 Å². The van der Waals surface area contributed by atoms with Crippen LogP contribution in [-0.4, -0.2) is 32.6 Å². The average Bonchev–Trinajstić information content (AvgIpc) is 2.90. The molecule has 0 saturated heterocycles. The molecule has 0 amide bonds. The molecule has 0 spiro atoms. The molecule has 36 heavy (non-hydrogen) atoms. The highest BCUT2D eigenvalue weighted by atomic mass is 16.7. The molecule has 0 bridgehead atoms. The minimum atomic E-state index is -0.643. The number of methoxy groups -OCH3 is 1. The van der Waals surface area contributed by atoms with Crippen LogP contribution in [0.15, 0.2) is 48.5 Å². The lowest BCUT2D eigenvalue weighted by Crippen LogP contribution is -2.27. The molecule has 2 atom stereocenters. The Morgan fingerprint density at radius 3 is 1.81 bits per heavy atom.